The second kappa shape index (κ2) is 4.81. The van der Waals surface area contributed by atoms with Crippen LogP contribution in [0.4, 0.5) is 0 Å². The Morgan fingerprint density at radius 1 is 1.17 bits per heavy atom. The van der Waals surface area contributed by atoms with Crippen LogP contribution in [0.5, 0.6) is 0 Å². The van der Waals surface area contributed by atoms with Gasteiger partial charge in [-0.15, -0.1) is 0 Å². The van der Waals surface area contributed by atoms with Gasteiger partial charge >= 0.3 is 5.97 Å². The van der Waals surface area contributed by atoms with Gasteiger partial charge in [0.05, 0.1) is 0 Å². The molecule has 0 bridgehead atoms. The predicted molar refractivity (Wildman–Crippen MR) is 87.8 cm³/mol. The highest BCUT2D eigenvalue weighted by atomic mass is 16.4. The molecule has 0 unspecified atom stereocenters. The van der Waals surface area contributed by atoms with Crippen LogP contribution in [0.1, 0.15) is 58.8 Å². The maximum atomic E-state index is 12.1. The molecule has 0 aliphatic heterocycles. The van der Waals surface area contributed by atoms with Crippen LogP contribution < -0.4 is 0 Å². The van der Waals surface area contributed by atoms with Crippen molar-refractivity contribution in [1.29, 1.82) is 0 Å². The second-order valence-electron chi connectivity index (χ2n) is 8.68. The van der Waals surface area contributed by atoms with Crippen molar-refractivity contribution in [3.05, 3.63) is 23.3 Å². The Morgan fingerprint density at radius 3 is 2.70 bits per heavy atom. The van der Waals surface area contributed by atoms with E-state index in [4.69, 9.17) is 0 Å². The third-order valence-electron chi connectivity index (χ3n) is 7.67. The molecule has 0 aromatic rings. The average Bonchev–Trinajstić information content (AvgIpc) is 2.89. The molecule has 4 aliphatic carbocycles. The monoisotopic (exact) mass is 314 g/mol. The minimum absolute atomic E-state index is 0.0170. The molecular formula is C20H26O3. The Bertz CT molecular complexity index is 643. The number of carboxylic acid groups (broad SMARTS) is 1. The lowest BCUT2D eigenvalue weighted by Crippen LogP contribution is -2.48. The summed E-state index contributed by atoms with van der Waals surface area (Å²) in [6, 6.07) is 0. The first-order valence-electron chi connectivity index (χ1n) is 9.07. The molecule has 0 aromatic heterocycles. The number of ketones is 1. The average molecular weight is 314 g/mol. The molecule has 3 heteroatoms. The van der Waals surface area contributed by atoms with E-state index in [0.29, 0.717) is 17.3 Å². The number of aliphatic carboxylic acids is 1. The van der Waals surface area contributed by atoms with E-state index in [1.54, 1.807) is 12.2 Å². The molecule has 1 N–H and O–H groups in total. The Labute approximate surface area is 137 Å². The fourth-order valence-electron chi connectivity index (χ4n) is 6.46. The van der Waals surface area contributed by atoms with Crippen molar-refractivity contribution < 1.29 is 14.7 Å². The molecule has 124 valence electrons. The van der Waals surface area contributed by atoms with Crippen molar-refractivity contribution in [1.82, 2.24) is 0 Å². The number of allylic oxidation sites excluding steroid dienone is 3. The van der Waals surface area contributed by atoms with Gasteiger partial charge in [0.1, 0.15) is 5.57 Å². The molecule has 4 aliphatic rings. The van der Waals surface area contributed by atoms with Crippen molar-refractivity contribution in [2.24, 2.45) is 28.6 Å². The van der Waals surface area contributed by atoms with E-state index in [-0.39, 0.29) is 16.8 Å². The van der Waals surface area contributed by atoms with Gasteiger partial charge < -0.3 is 5.11 Å². The fourth-order valence-corrected chi connectivity index (χ4v) is 6.46. The van der Waals surface area contributed by atoms with E-state index >= 15 is 0 Å². The largest absolute Gasteiger partial charge is 0.478 e. The molecule has 0 radical (unpaired) electrons. The molecule has 5 atom stereocenters. The van der Waals surface area contributed by atoms with E-state index in [1.165, 1.54) is 44.1 Å². The summed E-state index contributed by atoms with van der Waals surface area (Å²) < 4.78 is 0. The molecule has 0 amide bonds. The van der Waals surface area contributed by atoms with Crippen LogP contribution in [0.25, 0.3) is 0 Å². The predicted octanol–water partition coefficient (Wildman–Crippen LogP) is 4.14. The summed E-state index contributed by atoms with van der Waals surface area (Å²) in [5.41, 5.74) is 1.43. The first kappa shape index (κ1) is 15.2. The molecule has 3 saturated carbocycles. The number of fused-ring (bicyclic) bond motifs is 5. The SMILES string of the molecule is C[C@@]12CCC[C@H]1[C@@H]1CCC3=CC(=O)C(C(=O)O)=C[C@]3(C)[C@H]1CC2. The summed E-state index contributed by atoms with van der Waals surface area (Å²) in [6.45, 7) is 4.65. The van der Waals surface area contributed by atoms with Crippen molar-refractivity contribution in [3.63, 3.8) is 0 Å². The number of carbonyl (C=O) groups excluding carboxylic acids is 1. The summed E-state index contributed by atoms with van der Waals surface area (Å²) in [6.07, 6.45) is 12.0. The zero-order valence-electron chi connectivity index (χ0n) is 14.1. The highest BCUT2D eigenvalue weighted by molar-refractivity contribution is 6.22. The van der Waals surface area contributed by atoms with Crippen LogP contribution in [0, 0.1) is 28.6 Å². The van der Waals surface area contributed by atoms with Crippen LogP contribution in [-0.2, 0) is 9.59 Å². The molecule has 3 nitrogen and oxygen atoms in total. The lowest BCUT2D eigenvalue weighted by molar-refractivity contribution is -0.134. The molecule has 0 aromatic carbocycles. The van der Waals surface area contributed by atoms with Gasteiger partial charge in [-0.2, -0.15) is 0 Å². The highest BCUT2D eigenvalue weighted by Gasteiger charge is 2.56. The van der Waals surface area contributed by atoms with E-state index in [2.05, 4.69) is 13.8 Å². The molecule has 0 spiro atoms. The van der Waals surface area contributed by atoms with Gasteiger partial charge in [0.25, 0.3) is 0 Å². The Hall–Kier alpha value is -1.38. The number of carbonyl (C=O) groups is 2. The normalized spacial score (nSPS) is 45.5. The van der Waals surface area contributed by atoms with Gasteiger partial charge in [-0.3, -0.25) is 4.79 Å². The van der Waals surface area contributed by atoms with Crippen molar-refractivity contribution in [2.45, 2.75) is 58.8 Å². The third-order valence-corrected chi connectivity index (χ3v) is 7.67. The number of carboxylic acids is 1. The number of rotatable bonds is 1. The third kappa shape index (κ3) is 2.01. The maximum Gasteiger partial charge on any atom is 0.339 e. The zero-order valence-corrected chi connectivity index (χ0v) is 14.1. The molecule has 0 saturated heterocycles. The smallest absolute Gasteiger partial charge is 0.339 e. The van der Waals surface area contributed by atoms with E-state index in [1.807, 2.05) is 0 Å². The number of hydrogen-bond donors (Lipinski definition) is 1. The van der Waals surface area contributed by atoms with Gasteiger partial charge in [0.15, 0.2) is 5.78 Å². The Balaban J connectivity index is 1.75. The summed E-state index contributed by atoms with van der Waals surface area (Å²) in [5.74, 6) is 0.595. The van der Waals surface area contributed by atoms with Gasteiger partial charge in [0.2, 0.25) is 0 Å². The standard InChI is InChI=1S/C20H26O3/c1-19-8-3-4-15(19)13-6-5-12-10-17(21)14(18(22)23)11-20(12,2)16(13)7-9-19/h10-11,13,15-16H,3-9H2,1-2H3,(H,22,23)/t13-,15-,16-,19-,20-/m0/s1. The van der Waals surface area contributed by atoms with Gasteiger partial charge in [-0.25, -0.2) is 4.79 Å². The quantitative estimate of drug-likeness (QED) is 0.740. The summed E-state index contributed by atoms with van der Waals surface area (Å²) in [7, 11) is 0. The first-order chi connectivity index (χ1) is 10.8. The Morgan fingerprint density at radius 2 is 1.96 bits per heavy atom. The van der Waals surface area contributed by atoms with Gasteiger partial charge in [-0.05, 0) is 67.8 Å². The Kier molecular flexibility index (Phi) is 3.17. The zero-order chi connectivity index (χ0) is 16.4. The van der Waals surface area contributed by atoms with Crippen molar-refractivity contribution in [3.8, 4) is 0 Å². The molecule has 23 heavy (non-hydrogen) atoms. The van der Waals surface area contributed by atoms with Crippen molar-refractivity contribution >= 4 is 11.8 Å². The topological polar surface area (TPSA) is 54.4 Å². The van der Waals surface area contributed by atoms with E-state index in [0.717, 1.165) is 12.3 Å². The maximum absolute atomic E-state index is 12.1. The minimum Gasteiger partial charge on any atom is -0.478 e. The molecular weight excluding hydrogens is 288 g/mol. The van der Waals surface area contributed by atoms with E-state index in [9.17, 15) is 14.7 Å². The van der Waals surface area contributed by atoms with Gasteiger partial charge in [-0.1, -0.05) is 31.9 Å². The molecule has 0 heterocycles. The van der Waals surface area contributed by atoms with Crippen LogP contribution in [0.3, 0.4) is 0 Å². The van der Waals surface area contributed by atoms with Crippen LogP contribution in [0.2, 0.25) is 0 Å². The summed E-state index contributed by atoms with van der Waals surface area (Å²) in [4.78, 5) is 23.6. The summed E-state index contributed by atoms with van der Waals surface area (Å²) >= 11 is 0. The highest BCUT2D eigenvalue weighted by Crippen LogP contribution is 2.64. The molecule has 4 rings (SSSR count). The van der Waals surface area contributed by atoms with E-state index < -0.39 is 5.97 Å². The molecule has 3 fully saturated rings. The number of hydrogen-bond acceptors (Lipinski definition) is 2. The lowest BCUT2D eigenvalue weighted by Gasteiger charge is -2.56. The van der Waals surface area contributed by atoms with Gasteiger partial charge in [0, 0.05) is 5.41 Å². The fraction of sp³-hybridized carbons (Fsp3) is 0.700. The lowest BCUT2D eigenvalue weighted by atomic mass is 9.48. The minimum atomic E-state index is -1.07. The van der Waals surface area contributed by atoms with Crippen LogP contribution in [0.15, 0.2) is 23.3 Å². The summed E-state index contributed by atoms with van der Waals surface area (Å²) in [5, 5.41) is 9.38. The first-order valence-corrected chi connectivity index (χ1v) is 9.07. The van der Waals surface area contributed by atoms with Crippen LogP contribution in [-0.4, -0.2) is 16.9 Å². The van der Waals surface area contributed by atoms with Crippen LogP contribution >= 0.6 is 0 Å². The second-order valence-corrected chi connectivity index (χ2v) is 8.68. The van der Waals surface area contributed by atoms with Crippen molar-refractivity contribution in [2.75, 3.05) is 0 Å².